The molecule has 22 heavy (non-hydrogen) atoms. The third kappa shape index (κ3) is 2.15. The molecule has 0 fully saturated rings. The predicted molar refractivity (Wildman–Crippen MR) is 81.3 cm³/mol. The number of para-hydroxylation sites is 1. The number of furan rings is 1. The molecule has 2 aromatic heterocycles. The number of hydrogen-bond donors (Lipinski definition) is 1. The minimum atomic E-state index is -0.355. The quantitative estimate of drug-likeness (QED) is 0.805. The van der Waals surface area contributed by atoms with Crippen molar-refractivity contribution in [3.63, 3.8) is 0 Å². The zero-order chi connectivity index (χ0) is 14.9. The molecule has 1 atom stereocenters. The molecule has 1 unspecified atom stereocenters. The van der Waals surface area contributed by atoms with E-state index < -0.39 is 0 Å². The highest BCUT2D eigenvalue weighted by Gasteiger charge is 2.34. The molecule has 0 spiro atoms. The largest absolute Gasteiger partial charge is 0.467 e. The Morgan fingerprint density at radius 3 is 2.95 bits per heavy atom. The molecule has 3 heterocycles. The van der Waals surface area contributed by atoms with E-state index in [1.165, 1.54) is 11.5 Å². The number of nitrogens with zero attached hydrogens (tertiary/aromatic N) is 3. The Kier molecular flexibility index (Phi) is 3.12. The number of carbonyl (C=O) groups excluding carboxylic acids is 1. The maximum Gasteiger partial charge on any atom is 0.258 e. The van der Waals surface area contributed by atoms with Crippen LogP contribution in [0.5, 0.6) is 0 Å². The summed E-state index contributed by atoms with van der Waals surface area (Å²) in [6, 6.07) is 11.1. The van der Waals surface area contributed by atoms with Gasteiger partial charge in [-0.15, -0.1) is 5.10 Å². The van der Waals surface area contributed by atoms with Gasteiger partial charge in [0.25, 0.3) is 5.91 Å². The average molecular weight is 312 g/mol. The first kappa shape index (κ1) is 13.0. The van der Waals surface area contributed by atoms with E-state index in [1.807, 2.05) is 41.8 Å². The monoisotopic (exact) mass is 312 g/mol. The second kappa shape index (κ2) is 5.27. The van der Waals surface area contributed by atoms with Crippen molar-refractivity contribution in [1.82, 2.24) is 14.5 Å². The molecular formula is C15H12N4O2S. The molecule has 1 aromatic carbocycles. The number of aromatic nitrogens is 2. The maximum absolute atomic E-state index is 12.8. The van der Waals surface area contributed by atoms with Crippen LogP contribution < -0.4 is 5.32 Å². The van der Waals surface area contributed by atoms with E-state index in [0.717, 1.165) is 17.1 Å². The number of anilines is 1. The van der Waals surface area contributed by atoms with Crippen LogP contribution >= 0.6 is 11.5 Å². The van der Waals surface area contributed by atoms with Crippen molar-refractivity contribution in [2.24, 2.45) is 0 Å². The first-order valence-electron chi connectivity index (χ1n) is 6.79. The summed E-state index contributed by atoms with van der Waals surface area (Å²) >= 11 is 1.26. The Hall–Kier alpha value is -2.67. The topological polar surface area (TPSA) is 71.3 Å². The molecule has 7 heteroatoms. The van der Waals surface area contributed by atoms with Crippen LogP contribution in [-0.2, 0) is 6.54 Å². The van der Waals surface area contributed by atoms with E-state index in [0.29, 0.717) is 12.1 Å². The molecule has 110 valence electrons. The van der Waals surface area contributed by atoms with Crippen molar-refractivity contribution in [1.29, 1.82) is 0 Å². The van der Waals surface area contributed by atoms with Gasteiger partial charge in [0.05, 0.1) is 18.4 Å². The molecule has 6 nitrogen and oxygen atoms in total. The second-order valence-electron chi connectivity index (χ2n) is 4.93. The van der Waals surface area contributed by atoms with Crippen molar-refractivity contribution in [3.05, 3.63) is 65.1 Å². The average Bonchev–Trinajstić information content (AvgIpc) is 3.23. The fourth-order valence-corrected chi connectivity index (χ4v) is 3.02. The fraction of sp³-hybridized carbons (Fsp3) is 0.133. The third-order valence-electron chi connectivity index (χ3n) is 3.59. The van der Waals surface area contributed by atoms with Gasteiger partial charge in [-0.3, -0.25) is 4.79 Å². The summed E-state index contributed by atoms with van der Waals surface area (Å²) in [5, 5.41) is 9.31. The van der Waals surface area contributed by atoms with E-state index in [1.54, 1.807) is 11.2 Å². The van der Waals surface area contributed by atoms with E-state index in [-0.39, 0.29) is 12.1 Å². The van der Waals surface area contributed by atoms with Gasteiger partial charge in [-0.1, -0.05) is 16.6 Å². The molecule has 1 aliphatic heterocycles. The van der Waals surface area contributed by atoms with Crippen LogP contribution in [0.3, 0.4) is 0 Å². The molecule has 0 aliphatic carbocycles. The minimum Gasteiger partial charge on any atom is -0.467 e. The molecule has 0 saturated heterocycles. The maximum atomic E-state index is 12.8. The van der Waals surface area contributed by atoms with Gasteiger partial charge in [0, 0.05) is 11.1 Å². The van der Waals surface area contributed by atoms with Gasteiger partial charge in [0.15, 0.2) is 0 Å². The molecule has 4 rings (SSSR count). The van der Waals surface area contributed by atoms with Gasteiger partial charge < -0.3 is 14.6 Å². The summed E-state index contributed by atoms with van der Waals surface area (Å²) in [5.41, 5.74) is 2.18. The molecule has 1 amide bonds. The smallest absolute Gasteiger partial charge is 0.258 e. The highest BCUT2D eigenvalue weighted by Crippen LogP contribution is 2.33. The lowest BCUT2D eigenvalue weighted by Gasteiger charge is -2.36. The van der Waals surface area contributed by atoms with Gasteiger partial charge in [-0.2, -0.15) is 0 Å². The Morgan fingerprint density at radius 1 is 1.27 bits per heavy atom. The van der Waals surface area contributed by atoms with Gasteiger partial charge in [-0.25, -0.2) is 0 Å². The summed E-state index contributed by atoms with van der Waals surface area (Å²) in [7, 11) is 0. The van der Waals surface area contributed by atoms with E-state index in [4.69, 9.17) is 4.42 Å². The molecule has 3 aromatic rings. The lowest BCUT2D eigenvalue weighted by atomic mass is 10.1. The molecule has 1 aliphatic rings. The zero-order valence-corrected chi connectivity index (χ0v) is 12.3. The summed E-state index contributed by atoms with van der Waals surface area (Å²) in [4.78, 5) is 14.6. The van der Waals surface area contributed by atoms with Crippen LogP contribution in [0.1, 0.15) is 28.0 Å². The van der Waals surface area contributed by atoms with Gasteiger partial charge in [0.1, 0.15) is 17.6 Å². The second-order valence-corrected chi connectivity index (χ2v) is 5.54. The van der Waals surface area contributed by atoms with Gasteiger partial charge in [-0.05, 0) is 35.8 Å². The summed E-state index contributed by atoms with van der Waals surface area (Å²) in [6.07, 6.45) is 1.25. The van der Waals surface area contributed by atoms with Crippen LogP contribution in [0.2, 0.25) is 0 Å². The highest BCUT2D eigenvalue weighted by molar-refractivity contribution is 7.03. The van der Waals surface area contributed by atoms with E-state index in [2.05, 4.69) is 14.9 Å². The summed E-state index contributed by atoms with van der Waals surface area (Å²) in [6.45, 7) is 0.370. The lowest BCUT2D eigenvalue weighted by Crippen LogP contribution is -2.42. The van der Waals surface area contributed by atoms with Crippen LogP contribution in [-0.4, -0.2) is 20.4 Å². The number of carbonyl (C=O) groups is 1. The third-order valence-corrected chi connectivity index (χ3v) is 4.11. The summed E-state index contributed by atoms with van der Waals surface area (Å²) < 4.78 is 9.28. The molecule has 1 N–H and O–H groups in total. The Balaban J connectivity index is 1.76. The number of rotatable bonds is 3. The predicted octanol–water partition coefficient (Wildman–Crippen LogP) is 2.90. The minimum absolute atomic E-state index is 0.0521. The molecule has 0 radical (unpaired) electrons. The van der Waals surface area contributed by atoms with E-state index >= 15 is 0 Å². The zero-order valence-electron chi connectivity index (χ0n) is 11.5. The number of amides is 1. The number of benzene rings is 1. The molecule has 0 saturated carbocycles. The van der Waals surface area contributed by atoms with Crippen LogP contribution in [0, 0.1) is 0 Å². The van der Waals surface area contributed by atoms with Crippen molar-refractivity contribution in [2.75, 3.05) is 5.32 Å². The Morgan fingerprint density at radius 2 is 2.18 bits per heavy atom. The standard InChI is InChI=1S/C15H12N4O2S/c20-15-11-5-1-2-6-12(11)16-14(13-9-22-18-17-13)19(15)8-10-4-3-7-21-10/h1-7,9,14,16H,8H2. The van der Waals surface area contributed by atoms with Crippen LogP contribution in [0.15, 0.2) is 52.5 Å². The highest BCUT2D eigenvalue weighted by atomic mass is 32.1. The molecular weight excluding hydrogens is 300 g/mol. The Labute approximate surface area is 130 Å². The Bertz CT molecular complexity index is 786. The van der Waals surface area contributed by atoms with Crippen LogP contribution in [0.4, 0.5) is 5.69 Å². The number of nitrogens with one attached hydrogen (secondary N) is 1. The first-order valence-corrected chi connectivity index (χ1v) is 7.62. The van der Waals surface area contributed by atoms with Crippen molar-refractivity contribution < 1.29 is 9.21 Å². The first-order chi connectivity index (χ1) is 10.8. The van der Waals surface area contributed by atoms with Crippen LogP contribution in [0.25, 0.3) is 0 Å². The fourth-order valence-electron chi connectivity index (χ4n) is 2.55. The van der Waals surface area contributed by atoms with Crippen molar-refractivity contribution in [2.45, 2.75) is 12.7 Å². The number of hydrogen-bond acceptors (Lipinski definition) is 6. The summed E-state index contributed by atoms with van der Waals surface area (Å²) in [5.74, 6) is 0.673. The molecule has 0 bridgehead atoms. The van der Waals surface area contributed by atoms with Crippen molar-refractivity contribution in [3.8, 4) is 0 Å². The van der Waals surface area contributed by atoms with E-state index in [9.17, 15) is 4.79 Å². The van der Waals surface area contributed by atoms with Crippen molar-refractivity contribution >= 4 is 23.1 Å². The normalized spacial score (nSPS) is 17.2. The SMILES string of the molecule is O=C1c2ccccc2NC(c2csnn2)N1Cc1ccco1. The van der Waals surface area contributed by atoms with Gasteiger partial charge in [0.2, 0.25) is 0 Å². The number of fused-ring (bicyclic) bond motifs is 1. The lowest BCUT2D eigenvalue weighted by molar-refractivity contribution is 0.0647. The van der Waals surface area contributed by atoms with Gasteiger partial charge >= 0.3 is 0 Å².